The highest BCUT2D eigenvalue weighted by Crippen LogP contribution is 2.11. The first-order chi connectivity index (χ1) is 7.15. The lowest BCUT2D eigenvalue weighted by Gasteiger charge is -2.11. The van der Waals surface area contributed by atoms with Crippen molar-refractivity contribution in [1.29, 1.82) is 0 Å². The van der Waals surface area contributed by atoms with Crippen molar-refractivity contribution in [3.63, 3.8) is 0 Å². The summed E-state index contributed by atoms with van der Waals surface area (Å²) in [4.78, 5) is 0. The number of hydrogen-bond donors (Lipinski definition) is 2. The van der Waals surface area contributed by atoms with Gasteiger partial charge in [-0.25, -0.2) is 8.78 Å². The zero-order valence-corrected chi connectivity index (χ0v) is 8.76. The lowest BCUT2D eigenvalue weighted by atomic mass is 10.1. The minimum Gasteiger partial charge on any atom is -0.329 e. The Kier molecular flexibility index (Phi) is 4.65. The highest BCUT2D eigenvalue weighted by Gasteiger charge is 2.07. The van der Waals surface area contributed by atoms with Crippen LogP contribution in [0.4, 0.5) is 8.78 Å². The third-order valence-corrected chi connectivity index (χ3v) is 2.27. The molecule has 2 nitrogen and oxygen atoms in total. The molecule has 84 valence electrons. The summed E-state index contributed by atoms with van der Waals surface area (Å²) in [5.74, 6) is -1.54. The third kappa shape index (κ3) is 3.57. The second kappa shape index (κ2) is 5.78. The number of halogens is 2. The molecule has 0 aliphatic heterocycles. The molecule has 0 heterocycles. The van der Waals surface area contributed by atoms with Crippen LogP contribution in [-0.4, -0.2) is 19.1 Å². The zero-order valence-electron chi connectivity index (χ0n) is 8.76. The number of benzene rings is 1. The van der Waals surface area contributed by atoms with E-state index in [2.05, 4.69) is 5.32 Å². The molecule has 0 bridgehead atoms. The first-order valence-electron chi connectivity index (χ1n) is 5.01. The van der Waals surface area contributed by atoms with E-state index in [1.807, 2.05) is 6.92 Å². The molecule has 0 aliphatic rings. The van der Waals surface area contributed by atoms with Crippen molar-refractivity contribution in [2.45, 2.75) is 19.4 Å². The Morgan fingerprint density at radius 3 is 2.80 bits per heavy atom. The first-order valence-corrected chi connectivity index (χ1v) is 5.01. The van der Waals surface area contributed by atoms with Crippen molar-refractivity contribution in [3.05, 3.63) is 35.4 Å². The average molecular weight is 214 g/mol. The second-order valence-electron chi connectivity index (χ2n) is 3.55. The maximum Gasteiger partial charge on any atom is 0.162 e. The molecule has 3 N–H and O–H groups in total. The normalized spacial score (nSPS) is 12.8. The molecule has 0 aromatic heterocycles. The van der Waals surface area contributed by atoms with Gasteiger partial charge in [0, 0.05) is 12.6 Å². The molecule has 1 aromatic carbocycles. The van der Waals surface area contributed by atoms with E-state index in [0.29, 0.717) is 25.1 Å². The van der Waals surface area contributed by atoms with Crippen LogP contribution in [0, 0.1) is 11.6 Å². The van der Waals surface area contributed by atoms with Gasteiger partial charge in [-0.15, -0.1) is 0 Å². The fourth-order valence-corrected chi connectivity index (χ4v) is 1.28. The molecule has 4 heteroatoms. The van der Waals surface area contributed by atoms with Crippen LogP contribution in [0.1, 0.15) is 12.5 Å². The van der Waals surface area contributed by atoms with E-state index in [0.717, 1.165) is 6.07 Å². The van der Waals surface area contributed by atoms with Crippen LogP contribution in [0.3, 0.4) is 0 Å². The average Bonchev–Trinajstić information content (AvgIpc) is 2.24. The molecule has 0 radical (unpaired) electrons. The van der Waals surface area contributed by atoms with E-state index < -0.39 is 11.6 Å². The Bertz CT molecular complexity index is 315. The standard InChI is InChI=1S/C11H16F2N2/c1-8(7-14)15-6-5-9-3-2-4-10(12)11(9)13/h2-4,8,15H,5-7,14H2,1H3. The van der Waals surface area contributed by atoms with E-state index >= 15 is 0 Å². The summed E-state index contributed by atoms with van der Waals surface area (Å²) in [5, 5.41) is 3.11. The fourth-order valence-electron chi connectivity index (χ4n) is 1.28. The van der Waals surface area contributed by atoms with Crippen molar-refractivity contribution in [3.8, 4) is 0 Å². The molecule has 15 heavy (non-hydrogen) atoms. The Morgan fingerprint density at radius 2 is 2.13 bits per heavy atom. The summed E-state index contributed by atoms with van der Waals surface area (Å²) < 4.78 is 26.0. The molecule has 0 spiro atoms. The quantitative estimate of drug-likeness (QED) is 0.778. The number of rotatable bonds is 5. The van der Waals surface area contributed by atoms with Crippen LogP contribution in [0.25, 0.3) is 0 Å². The number of nitrogens with one attached hydrogen (secondary N) is 1. The van der Waals surface area contributed by atoms with Gasteiger partial charge in [0.25, 0.3) is 0 Å². The third-order valence-electron chi connectivity index (χ3n) is 2.27. The summed E-state index contributed by atoms with van der Waals surface area (Å²) in [7, 11) is 0. The first kappa shape index (κ1) is 12.1. The van der Waals surface area contributed by atoms with Crippen LogP contribution < -0.4 is 11.1 Å². The van der Waals surface area contributed by atoms with Gasteiger partial charge in [0.15, 0.2) is 11.6 Å². The highest BCUT2D eigenvalue weighted by atomic mass is 19.2. The van der Waals surface area contributed by atoms with Gasteiger partial charge in [-0.05, 0) is 31.5 Å². The predicted molar refractivity (Wildman–Crippen MR) is 56.6 cm³/mol. The largest absolute Gasteiger partial charge is 0.329 e. The lowest BCUT2D eigenvalue weighted by Crippen LogP contribution is -2.34. The van der Waals surface area contributed by atoms with E-state index in [4.69, 9.17) is 5.73 Å². The van der Waals surface area contributed by atoms with Crippen LogP contribution in [-0.2, 0) is 6.42 Å². The number of hydrogen-bond acceptors (Lipinski definition) is 2. The van der Waals surface area contributed by atoms with Crippen molar-refractivity contribution in [2.24, 2.45) is 5.73 Å². The van der Waals surface area contributed by atoms with E-state index in [1.54, 1.807) is 6.07 Å². The molecule has 0 aliphatic carbocycles. The zero-order chi connectivity index (χ0) is 11.3. The van der Waals surface area contributed by atoms with Crippen molar-refractivity contribution in [1.82, 2.24) is 5.32 Å². The molecule has 1 aromatic rings. The molecule has 1 unspecified atom stereocenters. The van der Waals surface area contributed by atoms with Gasteiger partial charge in [0.2, 0.25) is 0 Å². The molecule has 1 rings (SSSR count). The van der Waals surface area contributed by atoms with Crippen molar-refractivity contribution < 1.29 is 8.78 Å². The predicted octanol–water partition coefficient (Wildman–Crippen LogP) is 1.44. The monoisotopic (exact) mass is 214 g/mol. The summed E-state index contributed by atoms with van der Waals surface area (Å²) in [6.07, 6.45) is 0.466. The molecule has 1 atom stereocenters. The van der Waals surface area contributed by atoms with Gasteiger partial charge in [0.1, 0.15) is 0 Å². The molecule has 0 fully saturated rings. The Labute approximate surface area is 88.5 Å². The Hall–Kier alpha value is -1.00. The van der Waals surface area contributed by atoms with E-state index in [-0.39, 0.29) is 6.04 Å². The molecule has 0 saturated carbocycles. The fraction of sp³-hybridized carbons (Fsp3) is 0.455. The van der Waals surface area contributed by atoms with Crippen molar-refractivity contribution in [2.75, 3.05) is 13.1 Å². The topological polar surface area (TPSA) is 38.0 Å². The molecule has 0 amide bonds. The minimum atomic E-state index is -0.792. The SMILES string of the molecule is CC(CN)NCCc1cccc(F)c1F. The van der Waals surface area contributed by atoms with Gasteiger partial charge >= 0.3 is 0 Å². The van der Waals surface area contributed by atoms with Crippen molar-refractivity contribution >= 4 is 0 Å². The summed E-state index contributed by atoms with van der Waals surface area (Å²) in [6.45, 7) is 3.08. The highest BCUT2D eigenvalue weighted by molar-refractivity contribution is 5.19. The van der Waals surface area contributed by atoms with Gasteiger partial charge < -0.3 is 11.1 Å². The van der Waals surface area contributed by atoms with Gasteiger partial charge in [-0.2, -0.15) is 0 Å². The lowest BCUT2D eigenvalue weighted by molar-refractivity contribution is 0.492. The van der Waals surface area contributed by atoms with Crippen LogP contribution in [0.2, 0.25) is 0 Å². The molecular formula is C11H16F2N2. The van der Waals surface area contributed by atoms with Gasteiger partial charge in [0.05, 0.1) is 0 Å². The van der Waals surface area contributed by atoms with Crippen LogP contribution in [0.15, 0.2) is 18.2 Å². The van der Waals surface area contributed by atoms with E-state index in [1.165, 1.54) is 6.07 Å². The van der Waals surface area contributed by atoms with Crippen LogP contribution in [0.5, 0.6) is 0 Å². The van der Waals surface area contributed by atoms with Gasteiger partial charge in [-0.1, -0.05) is 12.1 Å². The maximum absolute atomic E-state index is 13.2. The smallest absolute Gasteiger partial charge is 0.162 e. The maximum atomic E-state index is 13.2. The minimum absolute atomic E-state index is 0.196. The Morgan fingerprint density at radius 1 is 1.40 bits per heavy atom. The molecular weight excluding hydrogens is 198 g/mol. The molecule has 0 saturated heterocycles. The Balaban J connectivity index is 2.47. The summed E-state index contributed by atoms with van der Waals surface area (Å²) in [5.41, 5.74) is 5.80. The van der Waals surface area contributed by atoms with Crippen LogP contribution >= 0.6 is 0 Å². The summed E-state index contributed by atoms with van der Waals surface area (Å²) in [6, 6.07) is 4.42. The number of nitrogens with two attached hydrogens (primary N) is 1. The second-order valence-corrected chi connectivity index (χ2v) is 3.55. The summed E-state index contributed by atoms with van der Waals surface area (Å²) >= 11 is 0. The van der Waals surface area contributed by atoms with E-state index in [9.17, 15) is 8.78 Å². The van der Waals surface area contributed by atoms with Gasteiger partial charge in [-0.3, -0.25) is 0 Å².